The van der Waals surface area contributed by atoms with Crippen molar-refractivity contribution in [2.24, 2.45) is 0 Å². The van der Waals surface area contributed by atoms with Gasteiger partial charge in [0.25, 0.3) is 0 Å². The van der Waals surface area contributed by atoms with E-state index < -0.39 is 0 Å². The summed E-state index contributed by atoms with van der Waals surface area (Å²) in [5.74, 6) is -0.498. The van der Waals surface area contributed by atoms with Crippen LogP contribution in [0.4, 0.5) is 11.4 Å². The highest BCUT2D eigenvalue weighted by Crippen LogP contribution is 2.15. The van der Waals surface area contributed by atoms with Crippen LogP contribution in [0, 0.1) is 0 Å². The highest BCUT2D eigenvalue weighted by atomic mass is 35.5. The largest absolute Gasteiger partial charge is 0.378 e. The molecule has 0 aliphatic heterocycles. The lowest BCUT2D eigenvalue weighted by atomic mass is 10.1. The first-order valence-electron chi connectivity index (χ1n) is 7.52. The second kappa shape index (κ2) is 8.36. The molecule has 6 heteroatoms. The molecule has 2 rings (SSSR count). The Labute approximate surface area is 146 Å². The summed E-state index contributed by atoms with van der Waals surface area (Å²) in [6.07, 6.45) is 0.186. The van der Waals surface area contributed by atoms with Crippen LogP contribution >= 0.6 is 11.6 Å². The molecule has 0 saturated carbocycles. The summed E-state index contributed by atoms with van der Waals surface area (Å²) in [4.78, 5) is 25.7. The molecule has 0 bridgehead atoms. The van der Waals surface area contributed by atoms with Crippen LogP contribution in [0.3, 0.4) is 0 Å². The fourth-order valence-corrected chi connectivity index (χ4v) is 2.33. The van der Waals surface area contributed by atoms with E-state index in [1.807, 2.05) is 49.3 Å². The van der Waals surface area contributed by atoms with Crippen LogP contribution in [0.2, 0.25) is 5.02 Å². The number of carbonyl (C=O) groups excluding carboxylic acids is 2. The van der Waals surface area contributed by atoms with Crippen LogP contribution in [0.5, 0.6) is 0 Å². The fraction of sp³-hybridized carbons (Fsp3) is 0.222. The van der Waals surface area contributed by atoms with E-state index in [0.717, 1.165) is 11.3 Å². The molecule has 0 radical (unpaired) electrons. The number of anilines is 2. The molecule has 0 saturated heterocycles. The minimum absolute atomic E-state index is 0.0746. The lowest BCUT2D eigenvalue weighted by Crippen LogP contribution is -2.33. The first kappa shape index (κ1) is 17.8. The zero-order chi connectivity index (χ0) is 17.5. The molecule has 0 spiro atoms. The summed E-state index contributed by atoms with van der Waals surface area (Å²) in [6, 6.07) is 14.5. The first-order chi connectivity index (χ1) is 11.4. The zero-order valence-corrected chi connectivity index (χ0v) is 14.4. The number of rotatable bonds is 6. The van der Waals surface area contributed by atoms with Gasteiger partial charge in [0, 0.05) is 30.5 Å². The van der Waals surface area contributed by atoms with E-state index in [2.05, 4.69) is 10.6 Å². The van der Waals surface area contributed by atoms with Crippen molar-refractivity contribution < 1.29 is 9.59 Å². The molecule has 0 atom stereocenters. The standard InChI is InChI=1S/C18H20ClN3O2/c1-22(2)16-8-6-15(7-9-16)21-18(24)12-20-17(23)11-13-4-3-5-14(19)10-13/h3-10H,11-12H2,1-2H3,(H,20,23)(H,21,24). The molecule has 0 aliphatic carbocycles. The number of carbonyl (C=O) groups is 2. The maximum Gasteiger partial charge on any atom is 0.243 e. The second-order valence-electron chi connectivity index (χ2n) is 5.57. The molecule has 2 aromatic rings. The topological polar surface area (TPSA) is 61.4 Å². The number of benzene rings is 2. The van der Waals surface area contributed by atoms with E-state index in [1.54, 1.807) is 18.2 Å². The minimum Gasteiger partial charge on any atom is -0.378 e. The molecule has 5 nitrogen and oxygen atoms in total. The molecule has 0 unspecified atom stereocenters. The van der Waals surface area contributed by atoms with Crippen LogP contribution in [0.15, 0.2) is 48.5 Å². The van der Waals surface area contributed by atoms with Crippen molar-refractivity contribution in [1.29, 1.82) is 0 Å². The van der Waals surface area contributed by atoms with Gasteiger partial charge in [-0.05, 0) is 42.0 Å². The molecule has 0 aliphatic rings. The zero-order valence-electron chi connectivity index (χ0n) is 13.7. The molecular formula is C18H20ClN3O2. The maximum absolute atomic E-state index is 11.9. The normalized spacial score (nSPS) is 10.1. The van der Waals surface area contributed by atoms with E-state index >= 15 is 0 Å². The summed E-state index contributed by atoms with van der Waals surface area (Å²) < 4.78 is 0. The van der Waals surface area contributed by atoms with Gasteiger partial charge in [0.15, 0.2) is 0 Å². The van der Waals surface area contributed by atoms with E-state index in [1.165, 1.54) is 0 Å². The van der Waals surface area contributed by atoms with E-state index in [4.69, 9.17) is 11.6 Å². The molecule has 0 aromatic heterocycles. The monoisotopic (exact) mass is 345 g/mol. The minimum atomic E-state index is -0.271. The van der Waals surface area contributed by atoms with Gasteiger partial charge in [-0.3, -0.25) is 9.59 Å². The average molecular weight is 346 g/mol. The summed E-state index contributed by atoms with van der Waals surface area (Å²) in [6.45, 7) is -0.0746. The van der Waals surface area contributed by atoms with Crippen LogP contribution in [-0.2, 0) is 16.0 Å². The van der Waals surface area contributed by atoms with Gasteiger partial charge in [-0.2, -0.15) is 0 Å². The van der Waals surface area contributed by atoms with Gasteiger partial charge in [-0.1, -0.05) is 23.7 Å². The van der Waals surface area contributed by atoms with E-state index in [-0.39, 0.29) is 24.8 Å². The van der Waals surface area contributed by atoms with Crippen LogP contribution < -0.4 is 15.5 Å². The highest BCUT2D eigenvalue weighted by Gasteiger charge is 2.07. The first-order valence-corrected chi connectivity index (χ1v) is 7.90. The second-order valence-corrected chi connectivity index (χ2v) is 6.01. The molecule has 2 N–H and O–H groups in total. The third kappa shape index (κ3) is 5.59. The van der Waals surface area contributed by atoms with Crippen molar-refractivity contribution in [2.75, 3.05) is 30.9 Å². The Hall–Kier alpha value is -2.53. The Morgan fingerprint density at radius 3 is 2.38 bits per heavy atom. The number of halogens is 1. The molecule has 0 fully saturated rings. The van der Waals surface area contributed by atoms with Crippen molar-refractivity contribution in [2.45, 2.75) is 6.42 Å². The Kier molecular flexibility index (Phi) is 6.21. The molecule has 126 valence electrons. The number of hydrogen-bond acceptors (Lipinski definition) is 3. The Morgan fingerprint density at radius 1 is 1.04 bits per heavy atom. The number of amides is 2. The highest BCUT2D eigenvalue weighted by molar-refractivity contribution is 6.30. The lowest BCUT2D eigenvalue weighted by Gasteiger charge is -2.13. The summed E-state index contributed by atoms with van der Waals surface area (Å²) in [7, 11) is 3.89. The van der Waals surface area contributed by atoms with Gasteiger partial charge in [0.05, 0.1) is 13.0 Å². The Balaban J connectivity index is 1.79. The maximum atomic E-state index is 11.9. The molecule has 0 heterocycles. The molecule has 2 aromatic carbocycles. The Morgan fingerprint density at radius 2 is 1.75 bits per heavy atom. The SMILES string of the molecule is CN(C)c1ccc(NC(=O)CNC(=O)Cc2cccc(Cl)c2)cc1. The van der Waals surface area contributed by atoms with Crippen LogP contribution in [-0.4, -0.2) is 32.5 Å². The van der Waals surface area contributed by atoms with Gasteiger partial charge in [-0.25, -0.2) is 0 Å². The third-order valence-electron chi connectivity index (χ3n) is 3.37. The van der Waals surface area contributed by atoms with Gasteiger partial charge in [0.1, 0.15) is 0 Å². The molecule has 2 amide bonds. The molecule has 24 heavy (non-hydrogen) atoms. The quantitative estimate of drug-likeness (QED) is 0.846. The average Bonchev–Trinajstić information content (AvgIpc) is 2.53. The summed E-state index contributed by atoms with van der Waals surface area (Å²) in [5.41, 5.74) is 2.54. The third-order valence-corrected chi connectivity index (χ3v) is 3.60. The Bertz CT molecular complexity index is 714. The number of nitrogens with zero attached hydrogens (tertiary/aromatic N) is 1. The van der Waals surface area contributed by atoms with Gasteiger partial charge >= 0.3 is 0 Å². The van der Waals surface area contributed by atoms with E-state index in [0.29, 0.717) is 10.7 Å². The van der Waals surface area contributed by atoms with E-state index in [9.17, 15) is 9.59 Å². The van der Waals surface area contributed by atoms with Gasteiger partial charge in [0.2, 0.25) is 11.8 Å². The summed E-state index contributed by atoms with van der Waals surface area (Å²) >= 11 is 5.88. The predicted molar refractivity (Wildman–Crippen MR) is 97.6 cm³/mol. The predicted octanol–water partition coefficient (Wildman–Crippen LogP) is 2.70. The fourth-order valence-electron chi connectivity index (χ4n) is 2.12. The summed E-state index contributed by atoms with van der Waals surface area (Å²) in [5, 5.41) is 5.92. The van der Waals surface area contributed by atoms with Crippen LogP contribution in [0.1, 0.15) is 5.56 Å². The number of hydrogen-bond donors (Lipinski definition) is 2. The van der Waals surface area contributed by atoms with Crippen molar-refractivity contribution >= 4 is 34.8 Å². The van der Waals surface area contributed by atoms with Gasteiger partial charge in [-0.15, -0.1) is 0 Å². The van der Waals surface area contributed by atoms with Crippen LogP contribution in [0.25, 0.3) is 0 Å². The van der Waals surface area contributed by atoms with Crippen molar-refractivity contribution in [1.82, 2.24) is 5.32 Å². The number of nitrogens with one attached hydrogen (secondary N) is 2. The van der Waals surface area contributed by atoms with Gasteiger partial charge < -0.3 is 15.5 Å². The molecular weight excluding hydrogens is 326 g/mol. The smallest absolute Gasteiger partial charge is 0.243 e. The van der Waals surface area contributed by atoms with Crippen molar-refractivity contribution in [3.05, 3.63) is 59.1 Å². The van der Waals surface area contributed by atoms with Crippen molar-refractivity contribution in [3.8, 4) is 0 Å². The lowest BCUT2D eigenvalue weighted by molar-refractivity contribution is -0.123. The van der Waals surface area contributed by atoms with Crippen molar-refractivity contribution in [3.63, 3.8) is 0 Å².